The van der Waals surface area contributed by atoms with Crippen molar-refractivity contribution < 1.29 is 23.7 Å². The molecule has 7 heteroatoms. The van der Waals surface area contributed by atoms with E-state index in [-0.39, 0.29) is 18.2 Å². The number of amides is 1. The average Bonchev–Trinajstić information content (AvgIpc) is 2.83. The van der Waals surface area contributed by atoms with Crippen LogP contribution in [0.25, 0.3) is 10.9 Å². The smallest absolute Gasteiger partial charge is 0.251 e. The molecule has 1 aliphatic rings. The maximum absolute atomic E-state index is 12.4. The van der Waals surface area contributed by atoms with Crippen LogP contribution in [-0.2, 0) is 15.9 Å². The Bertz CT molecular complexity index is 1030. The van der Waals surface area contributed by atoms with Crippen LogP contribution in [0.4, 0.5) is 0 Å². The number of benzene rings is 2. The molecule has 0 radical (unpaired) electrons. The highest BCUT2D eigenvalue weighted by atomic mass is 16.7. The molecular formula is C24H26N2O5. The lowest BCUT2D eigenvalue weighted by molar-refractivity contribution is -0.190. The summed E-state index contributed by atoms with van der Waals surface area (Å²) in [5, 5.41) is 4.02. The highest BCUT2D eigenvalue weighted by molar-refractivity contribution is 5.94. The van der Waals surface area contributed by atoms with Crippen molar-refractivity contribution in [3.8, 4) is 11.5 Å². The van der Waals surface area contributed by atoms with Gasteiger partial charge in [-0.1, -0.05) is 0 Å². The Hall–Kier alpha value is -3.16. The number of carbonyl (C=O) groups is 1. The second kappa shape index (κ2) is 9.76. The number of aryl methyl sites for hydroxylation is 1. The lowest BCUT2D eigenvalue weighted by Crippen LogP contribution is -2.47. The zero-order valence-electron chi connectivity index (χ0n) is 17.7. The van der Waals surface area contributed by atoms with E-state index in [1.807, 2.05) is 30.5 Å². The first-order chi connectivity index (χ1) is 15.2. The molecular weight excluding hydrogens is 396 g/mol. The van der Waals surface area contributed by atoms with Crippen LogP contribution in [0.15, 0.2) is 54.7 Å². The molecule has 0 bridgehead atoms. The first kappa shape index (κ1) is 21.1. The van der Waals surface area contributed by atoms with E-state index in [0.29, 0.717) is 24.5 Å². The van der Waals surface area contributed by atoms with E-state index in [4.69, 9.17) is 18.9 Å². The van der Waals surface area contributed by atoms with Crippen LogP contribution in [-0.4, -0.2) is 50.7 Å². The molecule has 1 N–H and O–H groups in total. The van der Waals surface area contributed by atoms with Gasteiger partial charge in [-0.2, -0.15) is 0 Å². The first-order valence-corrected chi connectivity index (χ1v) is 10.3. The minimum atomic E-state index is -0.303. The number of nitrogens with one attached hydrogen (secondary N) is 1. The van der Waals surface area contributed by atoms with Crippen LogP contribution in [0.2, 0.25) is 0 Å². The van der Waals surface area contributed by atoms with Gasteiger partial charge in [0.2, 0.25) is 0 Å². The van der Waals surface area contributed by atoms with Gasteiger partial charge in [-0.25, -0.2) is 0 Å². The van der Waals surface area contributed by atoms with Gasteiger partial charge >= 0.3 is 0 Å². The summed E-state index contributed by atoms with van der Waals surface area (Å²) in [5.74, 6) is 1.36. The summed E-state index contributed by atoms with van der Waals surface area (Å²) in [4.78, 5) is 16.8. The number of methoxy groups -OCH3 is 2. The summed E-state index contributed by atoms with van der Waals surface area (Å²) < 4.78 is 22.2. The monoisotopic (exact) mass is 422 g/mol. The van der Waals surface area contributed by atoms with Gasteiger partial charge in [-0.3, -0.25) is 9.78 Å². The maximum atomic E-state index is 12.4. The van der Waals surface area contributed by atoms with Crippen molar-refractivity contribution in [2.45, 2.75) is 25.2 Å². The number of hydrogen-bond acceptors (Lipinski definition) is 6. The molecule has 4 rings (SSSR count). The van der Waals surface area contributed by atoms with Crippen LogP contribution < -0.4 is 14.8 Å². The quantitative estimate of drug-likeness (QED) is 0.629. The van der Waals surface area contributed by atoms with Gasteiger partial charge < -0.3 is 24.3 Å². The number of rotatable bonds is 7. The van der Waals surface area contributed by atoms with Crippen LogP contribution in [0.5, 0.6) is 11.5 Å². The van der Waals surface area contributed by atoms with Gasteiger partial charge in [-0.05, 0) is 60.5 Å². The Labute approximate surface area is 181 Å². The Kier molecular flexibility index (Phi) is 6.64. The molecule has 0 spiro atoms. The van der Waals surface area contributed by atoms with E-state index >= 15 is 0 Å². The van der Waals surface area contributed by atoms with Crippen molar-refractivity contribution >= 4 is 16.8 Å². The SMILES string of the molecule is COc1ccc(C(=O)NC2COC(CCc3ccnc4ccc(OC)cc34)OC2)cc1. The summed E-state index contributed by atoms with van der Waals surface area (Å²) in [6.45, 7) is 0.828. The van der Waals surface area contributed by atoms with Crippen molar-refractivity contribution in [2.24, 2.45) is 0 Å². The molecule has 7 nitrogen and oxygen atoms in total. The molecule has 0 atom stereocenters. The van der Waals surface area contributed by atoms with E-state index in [2.05, 4.69) is 10.3 Å². The topological polar surface area (TPSA) is 78.9 Å². The van der Waals surface area contributed by atoms with Crippen LogP contribution in [0.1, 0.15) is 22.3 Å². The zero-order valence-corrected chi connectivity index (χ0v) is 17.7. The first-order valence-electron chi connectivity index (χ1n) is 10.3. The van der Waals surface area contributed by atoms with E-state index in [0.717, 1.165) is 29.5 Å². The molecule has 0 saturated carbocycles. The zero-order chi connectivity index (χ0) is 21.6. The molecule has 3 aromatic rings. The predicted octanol–water partition coefficient (Wildman–Crippen LogP) is 3.36. The maximum Gasteiger partial charge on any atom is 0.251 e. The van der Waals surface area contributed by atoms with Gasteiger partial charge in [0, 0.05) is 23.6 Å². The number of fused-ring (bicyclic) bond motifs is 1. The molecule has 0 aliphatic carbocycles. The summed E-state index contributed by atoms with van der Waals surface area (Å²) in [7, 11) is 3.25. The molecule has 0 unspecified atom stereocenters. The minimum absolute atomic E-state index is 0.157. The standard InChI is InChI=1S/C24H26N2O5/c1-28-19-6-3-17(4-7-19)24(27)26-18-14-30-23(31-15-18)10-5-16-11-12-25-22-9-8-20(29-2)13-21(16)22/h3-4,6-9,11-13,18,23H,5,10,14-15H2,1-2H3,(H,26,27). The largest absolute Gasteiger partial charge is 0.497 e. The summed E-state index contributed by atoms with van der Waals surface area (Å²) in [6, 6.07) is 14.7. The molecule has 162 valence electrons. The van der Waals surface area contributed by atoms with Crippen LogP contribution >= 0.6 is 0 Å². The third-order valence-electron chi connectivity index (χ3n) is 5.34. The van der Waals surface area contributed by atoms with Gasteiger partial charge in [0.1, 0.15) is 11.5 Å². The molecule has 1 aliphatic heterocycles. The van der Waals surface area contributed by atoms with E-state index in [9.17, 15) is 4.79 Å². The Morgan fingerprint density at radius 1 is 1.03 bits per heavy atom. The summed E-state index contributed by atoms with van der Waals surface area (Å²) in [5.41, 5.74) is 2.68. The van der Waals surface area contributed by atoms with Crippen molar-refractivity contribution in [1.82, 2.24) is 10.3 Å². The van der Waals surface area contributed by atoms with Gasteiger partial charge in [0.05, 0.1) is 39.0 Å². The normalized spacial score (nSPS) is 18.5. The summed E-state index contributed by atoms with van der Waals surface area (Å²) in [6.07, 6.45) is 3.02. The Balaban J connectivity index is 1.28. The molecule has 1 aromatic heterocycles. The molecule has 2 aromatic carbocycles. The van der Waals surface area contributed by atoms with Gasteiger partial charge in [-0.15, -0.1) is 0 Å². The van der Waals surface area contributed by atoms with Gasteiger partial charge in [0.15, 0.2) is 6.29 Å². The second-order valence-corrected chi connectivity index (χ2v) is 7.39. The minimum Gasteiger partial charge on any atom is -0.497 e. The van der Waals surface area contributed by atoms with Crippen molar-refractivity contribution in [3.63, 3.8) is 0 Å². The molecule has 2 heterocycles. The summed E-state index contributed by atoms with van der Waals surface area (Å²) >= 11 is 0. The second-order valence-electron chi connectivity index (χ2n) is 7.39. The average molecular weight is 422 g/mol. The fraction of sp³-hybridized carbons (Fsp3) is 0.333. The fourth-order valence-corrected chi connectivity index (χ4v) is 3.60. The third kappa shape index (κ3) is 5.13. The highest BCUT2D eigenvalue weighted by Crippen LogP contribution is 2.24. The number of pyridine rings is 1. The lowest BCUT2D eigenvalue weighted by atomic mass is 10.0. The van der Waals surface area contributed by atoms with E-state index in [1.54, 1.807) is 38.5 Å². The number of hydrogen-bond donors (Lipinski definition) is 1. The van der Waals surface area contributed by atoms with Gasteiger partial charge in [0.25, 0.3) is 5.91 Å². The Morgan fingerprint density at radius 3 is 2.45 bits per heavy atom. The Morgan fingerprint density at radius 2 is 1.74 bits per heavy atom. The number of ether oxygens (including phenoxy) is 4. The molecule has 1 amide bonds. The molecule has 1 saturated heterocycles. The number of carbonyl (C=O) groups excluding carboxylic acids is 1. The highest BCUT2D eigenvalue weighted by Gasteiger charge is 2.24. The van der Waals surface area contributed by atoms with Crippen molar-refractivity contribution in [3.05, 3.63) is 65.9 Å². The predicted molar refractivity (Wildman–Crippen MR) is 117 cm³/mol. The van der Waals surface area contributed by atoms with Crippen molar-refractivity contribution in [2.75, 3.05) is 27.4 Å². The molecule has 1 fully saturated rings. The lowest BCUT2D eigenvalue weighted by Gasteiger charge is -2.30. The van der Waals surface area contributed by atoms with E-state index in [1.165, 1.54) is 5.56 Å². The number of nitrogens with zero attached hydrogens (tertiary/aromatic N) is 1. The van der Waals surface area contributed by atoms with Crippen LogP contribution in [0, 0.1) is 0 Å². The number of aromatic nitrogens is 1. The fourth-order valence-electron chi connectivity index (χ4n) is 3.60. The van der Waals surface area contributed by atoms with E-state index < -0.39 is 0 Å². The van der Waals surface area contributed by atoms with Crippen molar-refractivity contribution in [1.29, 1.82) is 0 Å². The molecule has 31 heavy (non-hydrogen) atoms. The van der Waals surface area contributed by atoms with Crippen LogP contribution in [0.3, 0.4) is 0 Å². The third-order valence-corrected chi connectivity index (χ3v) is 5.34.